The summed E-state index contributed by atoms with van der Waals surface area (Å²) in [6, 6.07) is 7.87. The Morgan fingerprint density at radius 3 is 2.37 bits per heavy atom. The normalized spacial score (nSPS) is 12.4. The molecule has 0 saturated heterocycles. The lowest BCUT2D eigenvalue weighted by Gasteiger charge is -2.15. The Labute approximate surface area is 177 Å². The zero-order valence-electron chi connectivity index (χ0n) is 18.3. The van der Waals surface area contributed by atoms with Crippen LogP contribution in [-0.2, 0) is 6.42 Å². The van der Waals surface area contributed by atoms with Gasteiger partial charge in [0.2, 0.25) is 5.82 Å². The van der Waals surface area contributed by atoms with E-state index < -0.39 is 6.10 Å². The van der Waals surface area contributed by atoms with Crippen LogP contribution in [-0.4, -0.2) is 39.5 Å². The molecule has 0 fully saturated rings. The lowest BCUT2D eigenvalue weighted by molar-refractivity contribution is 0.113. The van der Waals surface area contributed by atoms with Crippen molar-refractivity contribution >= 4 is 0 Å². The molecule has 0 spiro atoms. The van der Waals surface area contributed by atoms with Crippen LogP contribution in [0.5, 0.6) is 5.75 Å². The zero-order chi connectivity index (χ0) is 21.8. The van der Waals surface area contributed by atoms with Gasteiger partial charge >= 0.3 is 0 Å². The first-order valence-electron chi connectivity index (χ1n) is 10.2. The van der Waals surface area contributed by atoms with Crippen molar-refractivity contribution in [1.29, 1.82) is 0 Å². The highest BCUT2D eigenvalue weighted by atomic mass is 16.5. The fourth-order valence-corrected chi connectivity index (χ4v) is 3.40. The van der Waals surface area contributed by atoms with Crippen LogP contribution in [0.1, 0.15) is 36.4 Å². The molecule has 1 unspecified atom stereocenters. The van der Waals surface area contributed by atoms with E-state index in [2.05, 4.69) is 29.0 Å². The van der Waals surface area contributed by atoms with E-state index in [0.717, 1.165) is 45.8 Å². The van der Waals surface area contributed by atoms with E-state index >= 15 is 0 Å². The van der Waals surface area contributed by atoms with E-state index in [0.29, 0.717) is 17.6 Å². The van der Waals surface area contributed by atoms with Crippen molar-refractivity contribution in [2.24, 2.45) is 11.7 Å². The minimum Gasteiger partial charge on any atom is -0.490 e. The van der Waals surface area contributed by atoms with Crippen LogP contribution < -0.4 is 10.5 Å². The van der Waals surface area contributed by atoms with Gasteiger partial charge in [-0.3, -0.25) is 4.98 Å². The maximum Gasteiger partial charge on any atom is 0.258 e. The Bertz CT molecular complexity index is 990. The summed E-state index contributed by atoms with van der Waals surface area (Å²) in [5, 5.41) is 13.8. The SMILES string of the molecule is Cc1cc(-c2nc(-c3cc(C)c(OCC(O)CN)c(C)c3)no2)cc(CC(C)C)n1. The Morgan fingerprint density at radius 2 is 1.73 bits per heavy atom. The van der Waals surface area contributed by atoms with E-state index in [1.165, 1.54) is 0 Å². The number of rotatable bonds is 8. The molecule has 7 nitrogen and oxygen atoms in total. The summed E-state index contributed by atoms with van der Waals surface area (Å²) in [7, 11) is 0. The molecule has 2 aromatic heterocycles. The molecule has 3 rings (SSSR count). The Balaban J connectivity index is 1.87. The molecule has 0 saturated carbocycles. The first-order valence-corrected chi connectivity index (χ1v) is 10.2. The third kappa shape index (κ3) is 5.23. The molecule has 7 heteroatoms. The first kappa shape index (κ1) is 21.9. The molecule has 0 aliphatic carbocycles. The summed E-state index contributed by atoms with van der Waals surface area (Å²) in [6.07, 6.45) is 0.210. The van der Waals surface area contributed by atoms with Gasteiger partial charge in [-0.2, -0.15) is 4.98 Å². The number of hydrogen-bond acceptors (Lipinski definition) is 7. The Kier molecular flexibility index (Phi) is 6.84. The predicted molar refractivity (Wildman–Crippen MR) is 116 cm³/mol. The van der Waals surface area contributed by atoms with Crippen molar-refractivity contribution in [1.82, 2.24) is 15.1 Å². The molecule has 0 radical (unpaired) electrons. The smallest absolute Gasteiger partial charge is 0.258 e. The van der Waals surface area contributed by atoms with Crippen molar-refractivity contribution in [3.8, 4) is 28.6 Å². The Morgan fingerprint density at radius 1 is 1.03 bits per heavy atom. The number of benzene rings is 1. The first-order chi connectivity index (χ1) is 14.3. The van der Waals surface area contributed by atoms with Gasteiger partial charge in [0.15, 0.2) is 0 Å². The third-order valence-electron chi connectivity index (χ3n) is 4.71. The molecule has 30 heavy (non-hydrogen) atoms. The summed E-state index contributed by atoms with van der Waals surface area (Å²) >= 11 is 0. The molecule has 3 N–H and O–H groups in total. The maximum absolute atomic E-state index is 9.64. The predicted octanol–water partition coefficient (Wildman–Crippen LogP) is 3.62. The van der Waals surface area contributed by atoms with Crippen molar-refractivity contribution in [3.05, 3.63) is 46.8 Å². The van der Waals surface area contributed by atoms with Crippen LogP contribution in [0.15, 0.2) is 28.8 Å². The number of pyridine rings is 1. The van der Waals surface area contributed by atoms with Gasteiger partial charge in [-0.1, -0.05) is 19.0 Å². The highest BCUT2D eigenvalue weighted by Gasteiger charge is 2.16. The van der Waals surface area contributed by atoms with Crippen LogP contribution in [0.4, 0.5) is 0 Å². The molecule has 2 heterocycles. The average Bonchev–Trinajstić information content (AvgIpc) is 3.16. The summed E-state index contributed by atoms with van der Waals surface area (Å²) in [6.45, 7) is 10.5. The molecule has 3 aromatic rings. The number of hydrogen-bond donors (Lipinski definition) is 2. The summed E-state index contributed by atoms with van der Waals surface area (Å²) in [4.78, 5) is 9.21. The van der Waals surface area contributed by atoms with Gasteiger partial charge in [-0.25, -0.2) is 0 Å². The van der Waals surface area contributed by atoms with E-state index in [1.54, 1.807) is 0 Å². The second-order valence-electron chi connectivity index (χ2n) is 8.15. The molecule has 1 aromatic carbocycles. The monoisotopic (exact) mass is 410 g/mol. The zero-order valence-corrected chi connectivity index (χ0v) is 18.3. The lowest BCUT2D eigenvalue weighted by Crippen LogP contribution is -2.26. The highest BCUT2D eigenvalue weighted by molar-refractivity contribution is 5.63. The minimum absolute atomic E-state index is 0.157. The summed E-state index contributed by atoms with van der Waals surface area (Å²) in [5.41, 5.74) is 11.0. The van der Waals surface area contributed by atoms with E-state index in [9.17, 15) is 5.11 Å². The molecule has 0 aliphatic rings. The molecular formula is C23H30N4O3. The van der Waals surface area contributed by atoms with Crippen LogP contribution in [0.25, 0.3) is 22.8 Å². The van der Waals surface area contributed by atoms with Crippen LogP contribution in [0.3, 0.4) is 0 Å². The highest BCUT2D eigenvalue weighted by Crippen LogP contribution is 2.30. The van der Waals surface area contributed by atoms with Crippen LogP contribution >= 0.6 is 0 Å². The number of nitrogens with two attached hydrogens (primary N) is 1. The van der Waals surface area contributed by atoms with Gasteiger partial charge in [0, 0.05) is 29.1 Å². The lowest BCUT2D eigenvalue weighted by atomic mass is 10.0. The molecular weight excluding hydrogens is 380 g/mol. The van der Waals surface area contributed by atoms with Gasteiger partial charge in [0.1, 0.15) is 18.5 Å². The van der Waals surface area contributed by atoms with Crippen molar-refractivity contribution in [2.45, 2.75) is 47.1 Å². The van der Waals surface area contributed by atoms with Gasteiger partial charge in [0.05, 0.1) is 0 Å². The molecule has 0 amide bonds. The number of aliphatic hydroxyl groups excluding tert-OH is 1. The van der Waals surface area contributed by atoms with Gasteiger partial charge in [-0.05, 0) is 68.5 Å². The fraction of sp³-hybridized carbons (Fsp3) is 0.435. The molecule has 0 bridgehead atoms. The van der Waals surface area contributed by atoms with Crippen molar-refractivity contribution < 1.29 is 14.4 Å². The fourth-order valence-electron chi connectivity index (χ4n) is 3.40. The quantitative estimate of drug-likeness (QED) is 0.584. The van der Waals surface area contributed by atoms with E-state index in [-0.39, 0.29) is 13.2 Å². The second-order valence-corrected chi connectivity index (χ2v) is 8.15. The van der Waals surface area contributed by atoms with E-state index in [1.807, 2.05) is 45.0 Å². The number of aliphatic hydroxyl groups is 1. The van der Waals surface area contributed by atoms with Crippen molar-refractivity contribution in [2.75, 3.05) is 13.2 Å². The molecule has 0 aliphatic heterocycles. The number of aromatic nitrogens is 3. The number of aryl methyl sites for hydroxylation is 3. The number of ether oxygens (including phenoxy) is 1. The topological polar surface area (TPSA) is 107 Å². The largest absolute Gasteiger partial charge is 0.490 e. The standard InChI is InChI=1S/C23H30N4O3/c1-13(2)6-19-10-18(9-16(5)25-19)23-26-22(27-30-23)17-7-14(3)21(15(4)8-17)29-12-20(28)11-24/h7-10,13,20,28H,6,11-12,24H2,1-5H3. The third-order valence-corrected chi connectivity index (χ3v) is 4.71. The van der Waals surface area contributed by atoms with Crippen LogP contribution in [0, 0.1) is 26.7 Å². The molecule has 1 atom stereocenters. The number of nitrogens with zero attached hydrogens (tertiary/aromatic N) is 3. The average molecular weight is 411 g/mol. The summed E-state index contributed by atoms with van der Waals surface area (Å²) in [5.74, 6) is 2.24. The second kappa shape index (κ2) is 9.36. The maximum atomic E-state index is 9.64. The van der Waals surface area contributed by atoms with Crippen LogP contribution in [0.2, 0.25) is 0 Å². The van der Waals surface area contributed by atoms with Gasteiger partial charge in [-0.15, -0.1) is 0 Å². The summed E-state index contributed by atoms with van der Waals surface area (Å²) < 4.78 is 11.3. The van der Waals surface area contributed by atoms with Gasteiger partial charge in [0.25, 0.3) is 5.89 Å². The van der Waals surface area contributed by atoms with Crippen molar-refractivity contribution in [3.63, 3.8) is 0 Å². The molecule has 160 valence electrons. The Hall–Kier alpha value is -2.77. The van der Waals surface area contributed by atoms with E-state index in [4.69, 9.17) is 15.0 Å². The minimum atomic E-state index is -0.687. The van der Waals surface area contributed by atoms with Gasteiger partial charge < -0.3 is 20.1 Å².